The fourth-order valence-corrected chi connectivity index (χ4v) is 4.98. The number of aryl methyl sites for hydroxylation is 1. The number of halogens is 6. The van der Waals surface area contributed by atoms with Crippen LogP contribution in [0.4, 0.5) is 24.5 Å². The van der Waals surface area contributed by atoms with Crippen LogP contribution in [0, 0.1) is 6.92 Å². The summed E-state index contributed by atoms with van der Waals surface area (Å²) in [5.74, 6) is -0.951. The molecule has 3 aromatic rings. The van der Waals surface area contributed by atoms with Crippen LogP contribution in [-0.2, 0) is 21.0 Å². The molecule has 3 aromatic carbocycles. The van der Waals surface area contributed by atoms with Gasteiger partial charge in [-0.1, -0.05) is 58.6 Å². The van der Waals surface area contributed by atoms with Crippen LogP contribution in [0.25, 0.3) is 0 Å². The lowest BCUT2D eigenvalue weighted by Crippen LogP contribution is -2.38. The number of carbonyl (C=O) groups excluding carboxylic acids is 1. The molecule has 0 bridgehead atoms. The summed E-state index contributed by atoms with van der Waals surface area (Å²) < 4.78 is 66.7. The number of carbonyl (C=O) groups is 1. The molecule has 0 fully saturated rings. The molecule has 3 rings (SSSR count). The fraction of sp³-hybridized carbons (Fsp3) is 0.136. The Morgan fingerprint density at radius 1 is 0.971 bits per heavy atom. The SMILES string of the molecule is Cc1ccc(S(=O)(=O)N(CC(=O)Nc2cc(C(F)(F)F)ccc2Cl)c2cccc(Cl)c2Cl)cc1. The van der Waals surface area contributed by atoms with E-state index < -0.39 is 34.2 Å². The van der Waals surface area contributed by atoms with E-state index in [9.17, 15) is 26.4 Å². The Balaban J connectivity index is 2.01. The van der Waals surface area contributed by atoms with Gasteiger partial charge in [0.05, 0.1) is 36.9 Å². The maximum atomic E-state index is 13.4. The van der Waals surface area contributed by atoms with Crippen molar-refractivity contribution < 1.29 is 26.4 Å². The van der Waals surface area contributed by atoms with E-state index in [-0.39, 0.29) is 31.3 Å². The minimum Gasteiger partial charge on any atom is -0.323 e. The van der Waals surface area contributed by atoms with Crippen molar-refractivity contribution in [2.45, 2.75) is 18.0 Å². The summed E-state index contributed by atoms with van der Waals surface area (Å²) in [5.41, 5.74) is -0.635. The molecule has 0 radical (unpaired) electrons. The van der Waals surface area contributed by atoms with E-state index in [2.05, 4.69) is 5.32 Å². The Hall–Kier alpha value is -2.46. The summed E-state index contributed by atoms with van der Waals surface area (Å²) in [7, 11) is -4.32. The number of anilines is 2. The Labute approximate surface area is 209 Å². The molecule has 1 amide bonds. The summed E-state index contributed by atoms with van der Waals surface area (Å²) in [4.78, 5) is 12.7. The highest BCUT2D eigenvalue weighted by Crippen LogP contribution is 2.36. The van der Waals surface area contributed by atoms with Gasteiger partial charge in [-0.05, 0) is 49.4 Å². The predicted molar refractivity (Wildman–Crippen MR) is 127 cm³/mol. The second-order valence-electron chi connectivity index (χ2n) is 7.14. The van der Waals surface area contributed by atoms with Crippen LogP contribution >= 0.6 is 34.8 Å². The molecule has 0 saturated heterocycles. The first kappa shape index (κ1) is 26.2. The van der Waals surface area contributed by atoms with Crippen molar-refractivity contribution in [1.82, 2.24) is 0 Å². The van der Waals surface area contributed by atoms with Crippen molar-refractivity contribution in [2.75, 3.05) is 16.2 Å². The van der Waals surface area contributed by atoms with E-state index in [0.717, 1.165) is 22.0 Å². The molecule has 0 unspecified atom stereocenters. The third-order valence-corrected chi connectivity index (χ3v) is 7.58. The lowest BCUT2D eigenvalue weighted by Gasteiger charge is -2.25. The zero-order valence-electron chi connectivity index (χ0n) is 17.3. The molecule has 0 atom stereocenters. The lowest BCUT2D eigenvalue weighted by molar-refractivity contribution is -0.137. The third-order valence-electron chi connectivity index (χ3n) is 4.66. The Morgan fingerprint density at radius 3 is 2.24 bits per heavy atom. The van der Waals surface area contributed by atoms with Gasteiger partial charge in [-0.25, -0.2) is 8.42 Å². The largest absolute Gasteiger partial charge is 0.416 e. The van der Waals surface area contributed by atoms with Gasteiger partial charge in [-0.3, -0.25) is 9.10 Å². The smallest absolute Gasteiger partial charge is 0.323 e. The van der Waals surface area contributed by atoms with E-state index in [4.69, 9.17) is 34.8 Å². The number of benzene rings is 3. The van der Waals surface area contributed by atoms with Crippen LogP contribution in [0.1, 0.15) is 11.1 Å². The number of nitrogens with one attached hydrogen (secondary N) is 1. The summed E-state index contributed by atoms with van der Waals surface area (Å²) in [5, 5.41) is 2.00. The average Bonchev–Trinajstić information content (AvgIpc) is 2.75. The van der Waals surface area contributed by atoms with Crippen molar-refractivity contribution in [3.8, 4) is 0 Å². The van der Waals surface area contributed by atoms with Gasteiger partial charge in [0.25, 0.3) is 10.0 Å². The normalized spacial score (nSPS) is 11.9. The van der Waals surface area contributed by atoms with Crippen LogP contribution in [0.3, 0.4) is 0 Å². The molecule has 0 aromatic heterocycles. The van der Waals surface area contributed by atoms with E-state index in [1.807, 2.05) is 0 Å². The first-order chi connectivity index (χ1) is 15.8. The highest BCUT2D eigenvalue weighted by atomic mass is 35.5. The maximum Gasteiger partial charge on any atom is 0.416 e. The lowest BCUT2D eigenvalue weighted by atomic mass is 10.2. The van der Waals surface area contributed by atoms with Crippen molar-refractivity contribution in [1.29, 1.82) is 0 Å². The van der Waals surface area contributed by atoms with Crippen molar-refractivity contribution in [2.24, 2.45) is 0 Å². The van der Waals surface area contributed by atoms with Gasteiger partial charge < -0.3 is 5.32 Å². The van der Waals surface area contributed by atoms with E-state index in [1.54, 1.807) is 19.1 Å². The zero-order chi connectivity index (χ0) is 25.3. The quantitative estimate of drug-likeness (QED) is 0.366. The minimum absolute atomic E-state index is 0.0459. The van der Waals surface area contributed by atoms with Crippen molar-refractivity contribution >= 4 is 62.1 Å². The van der Waals surface area contributed by atoms with Gasteiger partial charge >= 0.3 is 6.18 Å². The van der Waals surface area contributed by atoms with Gasteiger partial charge in [-0.2, -0.15) is 13.2 Å². The van der Waals surface area contributed by atoms with Gasteiger partial charge in [-0.15, -0.1) is 0 Å². The topological polar surface area (TPSA) is 66.5 Å². The molecule has 5 nitrogen and oxygen atoms in total. The summed E-state index contributed by atoms with van der Waals surface area (Å²) in [6, 6.07) is 12.5. The number of sulfonamides is 1. The number of amides is 1. The predicted octanol–water partition coefficient (Wildman–Crippen LogP) is 6.81. The standard InChI is InChI=1S/C22H16Cl3F3N2O3S/c1-13-5-8-15(9-6-13)34(32,33)30(19-4-2-3-17(24)21(19)25)12-20(31)29-18-11-14(22(26,27)28)7-10-16(18)23/h2-11H,12H2,1H3,(H,29,31). The van der Waals surface area contributed by atoms with Gasteiger partial charge in [0.15, 0.2) is 0 Å². The van der Waals surface area contributed by atoms with Crippen molar-refractivity contribution in [3.05, 3.63) is 86.9 Å². The zero-order valence-corrected chi connectivity index (χ0v) is 20.4. The number of alkyl halides is 3. The molecule has 34 heavy (non-hydrogen) atoms. The molecule has 0 aliphatic carbocycles. The van der Waals surface area contributed by atoms with Crippen molar-refractivity contribution in [3.63, 3.8) is 0 Å². The van der Waals surface area contributed by atoms with Crippen LogP contribution in [-0.4, -0.2) is 20.9 Å². The summed E-state index contributed by atoms with van der Waals surface area (Å²) in [6.45, 7) is 0.955. The number of hydrogen-bond acceptors (Lipinski definition) is 3. The van der Waals surface area contributed by atoms with E-state index in [1.165, 1.54) is 30.3 Å². The number of nitrogens with zero attached hydrogens (tertiary/aromatic N) is 1. The first-order valence-corrected chi connectivity index (χ1v) is 12.1. The Bertz CT molecular complexity index is 1330. The van der Waals surface area contributed by atoms with Gasteiger partial charge in [0, 0.05) is 0 Å². The first-order valence-electron chi connectivity index (χ1n) is 9.50. The van der Waals surface area contributed by atoms with E-state index in [0.29, 0.717) is 6.07 Å². The molecule has 0 heterocycles. The molecule has 0 saturated carbocycles. The maximum absolute atomic E-state index is 13.4. The highest BCUT2D eigenvalue weighted by molar-refractivity contribution is 7.92. The average molecular weight is 552 g/mol. The van der Waals surface area contributed by atoms with Crippen LogP contribution in [0.2, 0.25) is 15.1 Å². The molecule has 1 N–H and O–H groups in total. The molecule has 0 aliphatic heterocycles. The molecule has 0 aliphatic rings. The van der Waals surface area contributed by atoms with Crippen LogP contribution in [0.5, 0.6) is 0 Å². The summed E-state index contributed by atoms with van der Waals surface area (Å²) >= 11 is 18.2. The molecular weight excluding hydrogens is 536 g/mol. The molecule has 12 heteroatoms. The number of hydrogen-bond donors (Lipinski definition) is 1. The second kappa shape index (κ2) is 10.0. The monoisotopic (exact) mass is 550 g/mol. The van der Waals surface area contributed by atoms with Crippen LogP contribution in [0.15, 0.2) is 65.6 Å². The van der Waals surface area contributed by atoms with Crippen LogP contribution < -0.4 is 9.62 Å². The van der Waals surface area contributed by atoms with Gasteiger partial charge in [0.2, 0.25) is 5.91 Å². The number of rotatable bonds is 6. The van der Waals surface area contributed by atoms with E-state index >= 15 is 0 Å². The summed E-state index contributed by atoms with van der Waals surface area (Å²) in [6.07, 6.45) is -4.67. The second-order valence-corrected chi connectivity index (χ2v) is 10.2. The molecule has 180 valence electrons. The molecular formula is C22H16Cl3F3N2O3S. The third kappa shape index (κ3) is 5.78. The Morgan fingerprint density at radius 2 is 1.62 bits per heavy atom. The van der Waals surface area contributed by atoms with Gasteiger partial charge in [0.1, 0.15) is 6.54 Å². The Kier molecular flexibility index (Phi) is 7.72. The fourth-order valence-electron chi connectivity index (χ4n) is 2.94. The minimum atomic E-state index is -4.67. The highest BCUT2D eigenvalue weighted by Gasteiger charge is 2.32. The molecule has 0 spiro atoms.